The quantitative estimate of drug-likeness (QED) is 0.531. The lowest BCUT2D eigenvalue weighted by atomic mass is 10.0. The van der Waals surface area contributed by atoms with Crippen LogP contribution in [0.5, 0.6) is 5.75 Å². The number of phenols is 1. The highest BCUT2D eigenvalue weighted by molar-refractivity contribution is 7.13. The molecule has 0 unspecified atom stereocenters. The number of nitrogens with zero attached hydrogens (tertiary/aromatic N) is 2. The lowest BCUT2D eigenvalue weighted by Crippen LogP contribution is -1.97. The van der Waals surface area contributed by atoms with E-state index in [1.54, 1.807) is 35.6 Å². The first-order valence-corrected chi connectivity index (χ1v) is 8.56. The van der Waals surface area contributed by atoms with E-state index in [0.717, 1.165) is 21.2 Å². The van der Waals surface area contributed by atoms with Gasteiger partial charge in [0.1, 0.15) is 11.6 Å². The standard InChI is InChI=1S/C20H13N3OS/c21-11-13-4-1-7-16-17(18-8-3-9-25-18)12-22-20(19(13)16)23-14-5-2-6-15(24)10-14/h1-10,12,24H,(H,22,23). The molecule has 2 N–H and O–H groups in total. The number of rotatable bonds is 3. The fraction of sp³-hybridized carbons (Fsp3) is 0. The Labute approximate surface area is 148 Å². The van der Waals surface area contributed by atoms with Crippen LogP contribution in [0.3, 0.4) is 0 Å². The summed E-state index contributed by atoms with van der Waals surface area (Å²) < 4.78 is 0. The molecule has 0 aliphatic rings. The van der Waals surface area contributed by atoms with Crippen LogP contribution in [-0.2, 0) is 0 Å². The van der Waals surface area contributed by atoms with E-state index in [1.165, 1.54) is 0 Å². The molecule has 0 radical (unpaired) electrons. The van der Waals surface area contributed by atoms with Gasteiger partial charge in [-0.3, -0.25) is 0 Å². The molecule has 0 fully saturated rings. The molecule has 0 aliphatic carbocycles. The Morgan fingerprint density at radius 2 is 1.96 bits per heavy atom. The van der Waals surface area contributed by atoms with E-state index in [-0.39, 0.29) is 5.75 Å². The van der Waals surface area contributed by atoms with Crippen LogP contribution in [0.2, 0.25) is 0 Å². The summed E-state index contributed by atoms with van der Waals surface area (Å²) in [7, 11) is 0. The summed E-state index contributed by atoms with van der Waals surface area (Å²) >= 11 is 1.64. The van der Waals surface area contributed by atoms with Crippen molar-refractivity contribution >= 4 is 33.6 Å². The van der Waals surface area contributed by atoms with E-state index < -0.39 is 0 Å². The summed E-state index contributed by atoms with van der Waals surface area (Å²) in [5.41, 5.74) is 2.28. The molecular formula is C20H13N3OS. The van der Waals surface area contributed by atoms with E-state index in [4.69, 9.17) is 0 Å². The molecule has 4 aromatic rings. The fourth-order valence-corrected chi connectivity index (χ4v) is 3.58. The second-order valence-corrected chi connectivity index (χ2v) is 6.46. The number of hydrogen-bond acceptors (Lipinski definition) is 5. The molecule has 5 heteroatoms. The first kappa shape index (κ1) is 15.2. The summed E-state index contributed by atoms with van der Waals surface area (Å²) in [5.74, 6) is 0.767. The summed E-state index contributed by atoms with van der Waals surface area (Å²) in [6.07, 6.45) is 1.82. The molecule has 0 aliphatic heterocycles. The summed E-state index contributed by atoms with van der Waals surface area (Å²) in [6, 6.07) is 18.8. The van der Waals surface area contributed by atoms with Gasteiger partial charge in [0, 0.05) is 33.8 Å². The number of hydrogen-bond donors (Lipinski definition) is 2. The van der Waals surface area contributed by atoms with Gasteiger partial charge in [0.15, 0.2) is 0 Å². The van der Waals surface area contributed by atoms with Crippen LogP contribution in [0.1, 0.15) is 5.56 Å². The van der Waals surface area contributed by atoms with Gasteiger partial charge in [-0.1, -0.05) is 24.3 Å². The fourth-order valence-electron chi connectivity index (χ4n) is 2.83. The van der Waals surface area contributed by atoms with Crippen LogP contribution in [0.15, 0.2) is 66.2 Å². The topological polar surface area (TPSA) is 68.9 Å². The second kappa shape index (κ2) is 6.27. The zero-order chi connectivity index (χ0) is 17.2. The number of anilines is 2. The van der Waals surface area contributed by atoms with Gasteiger partial charge < -0.3 is 10.4 Å². The molecule has 0 atom stereocenters. The summed E-state index contributed by atoms with van der Waals surface area (Å²) in [6.45, 7) is 0. The van der Waals surface area contributed by atoms with Crippen LogP contribution in [-0.4, -0.2) is 10.1 Å². The maximum Gasteiger partial charge on any atom is 0.139 e. The zero-order valence-electron chi connectivity index (χ0n) is 13.1. The van der Waals surface area contributed by atoms with Gasteiger partial charge >= 0.3 is 0 Å². The van der Waals surface area contributed by atoms with Crippen LogP contribution in [0.4, 0.5) is 11.5 Å². The number of phenolic OH excluding ortho intramolecular Hbond substituents is 1. The molecule has 4 nitrogen and oxygen atoms in total. The van der Waals surface area contributed by atoms with Crippen molar-refractivity contribution in [2.24, 2.45) is 0 Å². The number of aromatic hydroxyl groups is 1. The van der Waals surface area contributed by atoms with E-state index >= 15 is 0 Å². The van der Waals surface area contributed by atoms with Crippen molar-refractivity contribution in [1.82, 2.24) is 4.98 Å². The number of nitriles is 1. The van der Waals surface area contributed by atoms with E-state index in [0.29, 0.717) is 17.1 Å². The minimum Gasteiger partial charge on any atom is -0.508 e. The van der Waals surface area contributed by atoms with Crippen LogP contribution in [0.25, 0.3) is 21.2 Å². The Morgan fingerprint density at radius 3 is 2.72 bits per heavy atom. The molecule has 2 aromatic heterocycles. The van der Waals surface area contributed by atoms with Gasteiger partial charge in [-0.15, -0.1) is 11.3 Å². The smallest absolute Gasteiger partial charge is 0.139 e. The molecule has 4 rings (SSSR count). The van der Waals surface area contributed by atoms with Crippen molar-refractivity contribution in [3.8, 4) is 22.3 Å². The molecule has 2 heterocycles. The van der Waals surface area contributed by atoms with Crippen LogP contribution < -0.4 is 5.32 Å². The molecule has 120 valence electrons. The van der Waals surface area contributed by atoms with Gasteiger partial charge in [-0.2, -0.15) is 5.26 Å². The van der Waals surface area contributed by atoms with Crippen molar-refractivity contribution in [3.05, 3.63) is 71.7 Å². The summed E-state index contributed by atoms with van der Waals surface area (Å²) in [5, 5.41) is 26.2. The largest absolute Gasteiger partial charge is 0.508 e. The average molecular weight is 343 g/mol. The van der Waals surface area contributed by atoms with Gasteiger partial charge in [-0.25, -0.2) is 4.98 Å². The van der Waals surface area contributed by atoms with E-state index in [9.17, 15) is 10.4 Å². The predicted octanol–water partition coefficient (Wildman–Crippen LogP) is 5.28. The molecule has 0 saturated carbocycles. The Morgan fingerprint density at radius 1 is 1.08 bits per heavy atom. The van der Waals surface area contributed by atoms with Crippen molar-refractivity contribution in [1.29, 1.82) is 5.26 Å². The van der Waals surface area contributed by atoms with Crippen molar-refractivity contribution in [2.75, 3.05) is 5.32 Å². The molecular weight excluding hydrogens is 330 g/mol. The van der Waals surface area contributed by atoms with Crippen molar-refractivity contribution in [3.63, 3.8) is 0 Å². The Kier molecular flexibility index (Phi) is 3.81. The normalized spacial score (nSPS) is 10.5. The van der Waals surface area contributed by atoms with Gasteiger partial charge in [0.2, 0.25) is 0 Å². The highest BCUT2D eigenvalue weighted by Gasteiger charge is 2.13. The average Bonchev–Trinajstić information content (AvgIpc) is 3.16. The zero-order valence-corrected chi connectivity index (χ0v) is 13.9. The van der Waals surface area contributed by atoms with Crippen LogP contribution in [0, 0.1) is 11.3 Å². The highest BCUT2D eigenvalue weighted by atomic mass is 32.1. The third kappa shape index (κ3) is 2.80. The minimum atomic E-state index is 0.171. The molecule has 0 amide bonds. The lowest BCUT2D eigenvalue weighted by Gasteiger charge is -2.13. The highest BCUT2D eigenvalue weighted by Crippen LogP contribution is 2.36. The number of aromatic nitrogens is 1. The van der Waals surface area contributed by atoms with Crippen molar-refractivity contribution < 1.29 is 5.11 Å². The maximum atomic E-state index is 9.66. The number of thiophene rings is 1. The SMILES string of the molecule is N#Cc1cccc2c(-c3cccs3)cnc(Nc3cccc(O)c3)c12. The first-order valence-electron chi connectivity index (χ1n) is 7.68. The van der Waals surface area contributed by atoms with Crippen molar-refractivity contribution in [2.45, 2.75) is 0 Å². The van der Waals surface area contributed by atoms with Gasteiger partial charge in [0.25, 0.3) is 0 Å². The maximum absolute atomic E-state index is 9.66. The van der Waals surface area contributed by atoms with Gasteiger partial charge in [0.05, 0.1) is 11.6 Å². The Bertz CT molecular complexity index is 1100. The lowest BCUT2D eigenvalue weighted by molar-refractivity contribution is 0.475. The number of nitrogens with one attached hydrogen (secondary N) is 1. The monoisotopic (exact) mass is 343 g/mol. The minimum absolute atomic E-state index is 0.171. The van der Waals surface area contributed by atoms with E-state index in [1.807, 2.05) is 41.9 Å². The van der Waals surface area contributed by atoms with Crippen LogP contribution >= 0.6 is 11.3 Å². The molecule has 2 aromatic carbocycles. The summed E-state index contributed by atoms with van der Waals surface area (Å²) in [4.78, 5) is 5.67. The third-order valence-electron chi connectivity index (χ3n) is 3.93. The Balaban J connectivity index is 1.94. The van der Waals surface area contributed by atoms with Gasteiger partial charge in [-0.05, 0) is 35.0 Å². The molecule has 0 spiro atoms. The van der Waals surface area contributed by atoms with E-state index in [2.05, 4.69) is 16.4 Å². The predicted molar refractivity (Wildman–Crippen MR) is 101 cm³/mol. The molecule has 0 bridgehead atoms. The third-order valence-corrected chi connectivity index (χ3v) is 4.83. The second-order valence-electron chi connectivity index (χ2n) is 5.51. The number of fused-ring (bicyclic) bond motifs is 1. The first-order chi connectivity index (χ1) is 12.3. The number of pyridine rings is 1. The molecule has 0 saturated heterocycles. The number of benzene rings is 2. The Hall–Kier alpha value is -3.36. The molecule has 25 heavy (non-hydrogen) atoms.